The molecule has 120 valence electrons. The molecule has 1 aromatic carbocycles. The number of benzene rings is 1. The highest BCUT2D eigenvalue weighted by Gasteiger charge is 2.25. The van der Waals surface area contributed by atoms with Crippen molar-refractivity contribution in [1.82, 2.24) is 5.32 Å². The van der Waals surface area contributed by atoms with Gasteiger partial charge in [0.2, 0.25) is 5.91 Å². The van der Waals surface area contributed by atoms with E-state index in [1.165, 1.54) is 0 Å². The lowest BCUT2D eigenvalue weighted by Crippen LogP contribution is -2.27. The highest BCUT2D eigenvalue weighted by atomic mass is 16.2. The van der Waals surface area contributed by atoms with E-state index in [4.69, 9.17) is 0 Å². The summed E-state index contributed by atoms with van der Waals surface area (Å²) in [5.74, 6) is 0.200. The monoisotopic (exact) mass is 303 g/mol. The lowest BCUT2D eigenvalue weighted by molar-refractivity contribution is -0.116. The van der Waals surface area contributed by atoms with Gasteiger partial charge in [0, 0.05) is 37.9 Å². The van der Waals surface area contributed by atoms with Crippen molar-refractivity contribution in [1.29, 1.82) is 0 Å². The molecule has 0 atom stereocenters. The topological polar surface area (TPSA) is 61.4 Å². The van der Waals surface area contributed by atoms with Gasteiger partial charge in [-0.2, -0.15) is 0 Å². The maximum atomic E-state index is 12.4. The Bertz CT molecular complexity index is 563. The molecular weight excluding hydrogens is 278 g/mol. The van der Waals surface area contributed by atoms with Gasteiger partial charge in [0.15, 0.2) is 0 Å². The van der Waals surface area contributed by atoms with Gasteiger partial charge in [-0.25, -0.2) is 0 Å². The minimum Gasteiger partial charge on any atom is -0.377 e. The van der Waals surface area contributed by atoms with Crippen LogP contribution in [-0.2, 0) is 4.79 Å². The van der Waals surface area contributed by atoms with Crippen molar-refractivity contribution in [2.45, 2.75) is 39.2 Å². The fraction of sp³-hybridized carbons (Fsp3) is 0.529. The number of amides is 2. The summed E-state index contributed by atoms with van der Waals surface area (Å²) < 4.78 is 0. The standard InChI is InChI=1S/C17H25N3O2/c1-11(2)9-16(21)18-13-7-8-15(20(3)4)14(10-13)17(22)19-12-5-6-12/h7-8,10-12H,5-6,9H2,1-4H3,(H,18,21)(H,19,22). The van der Waals surface area contributed by atoms with E-state index < -0.39 is 0 Å². The molecule has 2 amide bonds. The lowest BCUT2D eigenvalue weighted by atomic mass is 10.1. The molecule has 0 heterocycles. The van der Waals surface area contributed by atoms with Crippen LogP contribution in [0, 0.1) is 5.92 Å². The van der Waals surface area contributed by atoms with E-state index in [0.29, 0.717) is 29.6 Å². The van der Waals surface area contributed by atoms with Crippen LogP contribution in [0.2, 0.25) is 0 Å². The largest absolute Gasteiger partial charge is 0.377 e. The Kier molecular flexibility index (Phi) is 5.06. The quantitative estimate of drug-likeness (QED) is 0.849. The molecule has 1 fully saturated rings. The summed E-state index contributed by atoms with van der Waals surface area (Å²) in [4.78, 5) is 26.2. The van der Waals surface area contributed by atoms with Crippen LogP contribution in [0.5, 0.6) is 0 Å². The van der Waals surface area contributed by atoms with E-state index in [-0.39, 0.29) is 11.8 Å². The SMILES string of the molecule is CC(C)CC(=O)Nc1ccc(N(C)C)c(C(=O)NC2CC2)c1. The van der Waals surface area contributed by atoms with E-state index in [1.807, 2.05) is 45.0 Å². The van der Waals surface area contributed by atoms with E-state index in [0.717, 1.165) is 18.5 Å². The highest BCUT2D eigenvalue weighted by molar-refractivity contribution is 6.02. The van der Waals surface area contributed by atoms with Crippen molar-refractivity contribution < 1.29 is 9.59 Å². The summed E-state index contributed by atoms with van der Waals surface area (Å²) in [6, 6.07) is 5.77. The molecule has 0 aliphatic heterocycles. The second kappa shape index (κ2) is 6.81. The summed E-state index contributed by atoms with van der Waals surface area (Å²) in [6.45, 7) is 4.01. The number of anilines is 2. The summed E-state index contributed by atoms with van der Waals surface area (Å²) in [5, 5.41) is 5.87. The smallest absolute Gasteiger partial charge is 0.253 e. The third-order valence-electron chi connectivity index (χ3n) is 3.51. The van der Waals surface area contributed by atoms with Crippen molar-refractivity contribution >= 4 is 23.2 Å². The molecular formula is C17H25N3O2. The van der Waals surface area contributed by atoms with Gasteiger partial charge in [-0.3, -0.25) is 9.59 Å². The molecule has 1 saturated carbocycles. The first-order chi connectivity index (χ1) is 10.4. The fourth-order valence-corrected chi connectivity index (χ4v) is 2.26. The zero-order valence-electron chi connectivity index (χ0n) is 13.8. The molecule has 2 N–H and O–H groups in total. The minimum absolute atomic E-state index is 0.0267. The second-order valence-corrected chi connectivity index (χ2v) is 6.52. The van der Waals surface area contributed by atoms with Crippen molar-refractivity contribution in [3.63, 3.8) is 0 Å². The number of hydrogen-bond donors (Lipinski definition) is 2. The molecule has 0 unspecified atom stereocenters. The van der Waals surface area contributed by atoms with Crippen LogP contribution in [0.3, 0.4) is 0 Å². The Morgan fingerprint density at radius 1 is 1.27 bits per heavy atom. The number of nitrogens with zero attached hydrogens (tertiary/aromatic N) is 1. The van der Waals surface area contributed by atoms with Gasteiger partial charge in [-0.05, 0) is 37.0 Å². The Labute approximate surface area is 132 Å². The van der Waals surface area contributed by atoms with E-state index >= 15 is 0 Å². The highest BCUT2D eigenvalue weighted by Crippen LogP contribution is 2.25. The molecule has 1 aromatic rings. The Morgan fingerprint density at radius 2 is 1.95 bits per heavy atom. The van der Waals surface area contributed by atoms with Crippen molar-refractivity contribution in [2.75, 3.05) is 24.3 Å². The fourth-order valence-electron chi connectivity index (χ4n) is 2.26. The Morgan fingerprint density at radius 3 is 2.50 bits per heavy atom. The zero-order chi connectivity index (χ0) is 16.3. The molecule has 22 heavy (non-hydrogen) atoms. The van der Waals surface area contributed by atoms with Gasteiger partial charge >= 0.3 is 0 Å². The van der Waals surface area contributed by atoms with Gasteiger partial charge in [0.05, 0.1) is 5.56 Å². The van der Waals surface area contributed by atoms with Crippen molar-refractivity contribution in [3.8, 4) is 0 Å². The first-order valence-corrected chi connectivity index (χ1v) is 7.79. The first kappa shape index (κ1) is 16.3. The maximum Gasteiger partial charge on any atom is 0.253 e. The van der Waals surface area contributed by atoms with E-state index in [9.17, 15) is 9.59 Å². The molecule has 5 nitrogen and oxygen atoms in total. The Hall–Kier alpha value is -2.04. The van der Waals surface area contributed by atoms with Gasteiger partial charge in [0.25, 0.3) is 5.91 Å². The van der Waals surface area contributed by atoms with E-state index in [2.05, 4.69) is 10.6 Å². The van der Waals surface area contributed by atoms with Crippen molar-refractivity contribution in [3.05, 3.63) is 23.8 Å². The molecule has 0 bridgehead atoms. The van der Waals surface area contributed by atoms with Gasteiger partial charge < -0.3 is 15.5 Å². The molecule has 0 spiro atoms. The summed E-state index contributed by atoms with van der Waals surface area (Å²) in [7, 11) is 3.81. The van der Waals surface area contributed by atoms with Crippen LogP contribution in [0.15, 0.2) is 18.2 Å². The molecule has 1 aliphatic rings. The first-order valence-electron chi connectivity index (χ1n) is 7.79. The summed E-state index contributed by atoms with van der Waals surface area (Å²) >= 11 is 0. The van der Waals surface area contributed by atoms with Crippen molar-refractivity contribution in [2.24, 2.45) is 5.92 Å². The number of carbonyl (C=O) groups is 2. The van der Waals surface area contributed by atoms with Crippen LogP contribution >= 0.6 is 0 Å². The summed E-state index contributed by atoms with van der Waals surface area (Å²) in [6.07, 6.45) is 2.57. The van der Waals surface area contributed by atoms with Crippen LogP contribution in [0.1, 0.15) is 43.5 Å². The maximum absolute atomic E-state index is 12.4. The summed E-state index contributed by atoms with van der Waals surface area (Å²) in [5.41, 5.74) is 2.11. The third-order valence-corrected chi connectivity index (χ3v) is 3.51. The predicted molar refractivity (Wildman–Crippen MR) is 89.3 cm³/mol. The number of hydrogen-bond acceptors (Lipinski definition) is 3. The second-order valence-electron chi connectivity index (χ2n) is 6.52. The number of nitrogens with one attached hydrogen (secondary N) is 2. The predicted octanol–water partition coefficient (Wildman–Crippen LogP) is 2.63. The van der Waals surface area contributed by atoms with Crippen LogP contribution in [0.25, 0.3) is 0 Å². The van der Waals surface area contributed by atoms with Gasteiger partial charge in [-0.15, -0.1) is 0 Å². The third kappa shape index (κ3) is 4.48. The van der Waals surface area contributed by atoms with Gasteiger partial charge in [0.1, 0.15) is 0 Å². The number of carbonyl (C=O) groups excluding carboxylic acids is 2. The van der Waals surface area contributed by atoms with Crippen LogP contribution in [-0.4, -0.2) is 32.0 Å². The minimum atomic E-state index is -0.0776. The molecule has 0 radical (unpaired) electrons. The van der Waals surface area contributed by atoms with Crippen LogP contribution < -0.4 is 15.5 Å². The molecule has 5 heteroatoms. The molecule has 0 saturated heterocycles. The molecule has 1 aliphatic carbocycles. The average molecular weight is 303 g/mol. The van der Waals surface area contributed by atoms with E-state index in [1.54, 1.807) is 6.07 Å². The molecule has 2 rings (SSSR count). The Balaban J connectivity index is 2.18. The average Bonchev–Trinajstić information content (AvgIpc) is 3.21. The van der Waals surface area contributed by atoms with Crippen LogP contribution in [0.4, 0.5) is 11.4 Å². The number of rotatable bonds is 6. The van der Waals surface area contributed by atoms with Gasteiger partial charge in [-0.1, -0.05) is 13.8 Å². The normalized spacial score (nSPS) is 13.9. The lowest BCUT2D eigenvalue weighted by Gasteiger charge is -2.18. The zero-order valence-corrected chi connectivity index (χ0v) is 13.8. The molecule has 0 aromatic heterocycles.